The molecule has 0 spiro atoms. The Bertz CT molecular complexity index is 48.8. The second-order valence-electron chi connectivity index (χ2n) is 0.648. The maximum atomic E-state index is 4.82. The molecule has 32 valence electrons. The summed E-state index contributed by atoms with van der Waals surface area (Å²) >= 11 is 0. The van der Waals surface area contributed by atoms with E-state index in [-0.39, 0.29) is 32.2 Å². The van der Waals surface area contributed by atoms with Gasteiger partial charge < -0.3 is 16.4 Å². The fourth-order valence-corrected chi connectivity index (χ4v) is 0. The number of hydrogen-bond acceptors (Lipinski definition) is 1. The Kier molecular flexibility index (Phi) is 8.28. The zero-order valence-corrected chi connectivity index (χ0v) is 6.06. The first kappa shape index (κ1) is 9.52. The van der Waals surface area contributed by atoms with Crippen LogP contribution in [0.4, 0.5) is 0 Å². The number of nitrogens with two attached hydrogens (primary N) is 2. The van der Waals surface area contributed by atoms with Crippen LogP contribution in [-0.2, 0) is 26.2 Å². The predicted octanol–water partition coefficient (Wildman–Crippen LogP) is -2.19. The maximum Gasteiger partial charge on any atom is 0.249 e. The van der Waals surface area contributed by atoms with Gasteiger partial charge in [-0.3, -0.25) is 0 Å². The molecule has 0 saturated carbocycles. The smallest absolute Gasteiger partial charge is 0.249 e. The molecule has 0 fully saturated rings. The topological polar surface area (TPSA) is 64.4 Å². The minimum Gasteiger partial charge on any atom is -0.371 e. The summed E-state index contributed by atoms with van der Waals surface area (Å²) in [7, 11) is 1.54. The SMILES string of the molecule is BN=C(N)N.[Zr]. The number of nitrogens with zero attached hydrogens (tertiary/aromatic N) is 1. The molecular weight excluding hydrogens is 156 g/mol. The molecule has 0 bridgehead atoms. The molecule has 6 heavy (non-hydrogen) atoms. The molecule has 0 amide bonds. The van der Waals surface area contributed by atoms with Crippen LogP contribution in [0.2, 0.25) is 0 Å². The number of hydrogen-bond donors (Lipinski definition) is 2. The third-order valence-corrected chi connectivity index (χ3v) is 0.258. The summed E-state index contributed by atoms with van der Waals surface area (Å²) in [6, 6.07) is 0. The van der Waals surface area contributed by atoms with Crippen LogP contribution in [0.5, 0.6) is 0 Å². The van der Waals surface area contributed by atoms with Crippen LogP contribution in [0, 0.1) is 0 Å². The van der Waals surface area contributed by atoms with Gasteiger partial charge >= 0.3 is 0 Å². The Morgan fingerprint density at radius 1 is 1.50 bits per heavy atom. The Hall–Kier alpha value is 0.218. The Morgan fingerprint density at radius 3 is 1.67 bits per heavy atom. The van der Waals surface area contributed by atoms with E-state index in [2.05, 4.69) is 4.90 Å². The monoisotopic (exact) mass is 161 g/mol. The zero-order chi connectivity index (χ0) is 4.28. The normalized spacial score (nSPS) is 5.33. The third kappa shape index (κ3) is 8.88. The van der Waals surface area contributed by atoms with Crippen molar-refractivity contribution in [3.63, 3.8) is 0 Å². The molecule has 0 aromatic carbocycles. The molecule has 0 aromatic rings. The van der Waals surface area contributed by atoms with Gasteiger partial charge in [-0.25, -0.2) is 0 Å². The summed E-state index contributed by atoms with van der Waals surface area (Å²) in [6.45, 7) is 0. The van der Waals surface area contributed by atoms with Crippen molar-refractivity contribution in [3.05, 3.63) is 0 Å². The molecule has 0 radical (unpaired) electrons. The van der Waals surface area contributed by atoms with E-state index in [1.807, 2.05) is 0 Å². The van der Waals surface area contributed by atoms with Crippen LogP contribution in [0.1, 0.15) is 0 Å². The minimum absolute atomic E-state index is 0. The molecule has 4 N–H and O–H groups in total. The molecule has 3 nitrogen and oxygen atoms in total. The molecule has 0 aliphatic heterocycles. The average molecular weight is 162 g/mol. The van der Waals surface area contributed by atoms with Crippen LogP contribution < -0.4 is 11.5 Å². The number of guanidine groups is 1. The van der Waals surface area contributed by atoms with Crippen molar-refractivity contribution < 1.29 is 26.2 Å². The van der Waals surface area contributed by atoms with Crippen LogP contribution in [0.25, 0.3) is 0 Å². The molecule has 0 heterocycles. The van der Waals surface area contributed by atoms with Gasteiger partial charge in [-0.05, 0) is 0 Å². The molecule has 0 unspecified atom stereocenters. The van der Waals surface area contributed by atoms with Gasteiger partial charge in [-0.2, -0.15) is 0 Å². The van der Waals surface area contributed by atoms with Crippen LogP contribution in [0.3, 0.4) is 0 Å². The summed E-state index contributed by atoms with van der Waals surface area (Å²) in [5.41, 5.74) is 9.64. The van der Waals surface area contributed by atoms with Crippen LogP contribution >= 0.6 is 0 Å². The average Bonchev–Trinajstić information content (AvgIpc) is 1.38. The molecule has 0 aromatic heterocycles. The summed E-state index contributed by atoms with van der Waals surface area (Å²) < 4.78 is 0. The molecule has 0 rings (SSSR count). The molecular formula is CH6BN3Zr. The fourth-order valence-electron chi connectivity index (χ4n) is 0. The van der Waals surface area contributed by atoms with Gasteiger partial charge in [0.1, 0.15) is 0 Å². The molecule has 5 heteroatoms. The van der Waals surface area contributed by atoms with Crippen molar-refractivity contribution in [2.75, 3.05) is 0 Å². The summed E-state index contributed by atoms with van der Waals surface area (Å²) in [5.74, 6) is 0.130. The van der Waals surface area contributed by atoms with E-state index in [0.717, 1.165) is 0 Å². The predicted molar refractivity (Wildman–Crippen MR) is 24.4 cm³/mol. The summed E-state index contributed by atoms with van der Waals surface area (Å²) in [5, 5.41) is 0. The standard InChI is InChI=1S/CH6BN3.Zr/c2-5-1(3)4;/h2H2,(H4,3,4,5);. The van der Waals surface area contributed by atoms with Crippen LogP contribution in [0.15, 0.2) is 4.90 Å². The van der Waals surface area contributed by atoms with Gasteiger partial charge in [0.15, 0.2) is 5.96 Å². The second-order valence-corrected chi connectivity index (χ2v) is 0.648. The largest absolute Gasteiger partial charge is 0.371 e. The quantitative estimate of drug-likeness (QED) is 0.241. The van der Waals surface area contributed by atoms with Crippen molar-refractivity contribution in [2.45, 2.75) is 0 Å². The first-order valence-electron chi connectivity index (χ1n) is 1.25. The van der Waals surface area contributed by atoms with E-state index in [1.54, 1.807) is 0 Å². The molecule has 0 aliphatic carbocycles. The van der Waals surface area contributed by atoms with Crippen molar-refractivity contribution in [1.29, 1.82) is 0 Å². The van der Waals surface area contributed by atoms with Crippen molar-refractivity contribution in [1.82, 2.24) is 0 Å². The Labute approximate surface area is 56.7 Å². The van der Waals surface area contributed by atoms with Gasteiger partial charge in [-0.15, -0.1) is 0 Å². The van der Waals surface area contributed by atoms with E-state index >= 15 is 0 Å². The van der Waals surface area contributed by atoms with Gasteiger partial charge in [0, 0.05) is 26.2 Å². The Morgan fingerprint density at radius 2 is 1.67 bits per heavy atom. The van der Waals surface area contributed by atoms with E-state index < -0.39 is 0 Å². The second kappa shape index (κ2) is 5.22. The summed E-state index contributed by atoms with van der Waals surface area (Å²) in [4.78, 5) is 3.36. The molecule has 0 aliphatic rings. The number of rotatable bonds is 0. The Balaban J connectivity index is 0. The van der Waals surface area contributed by atoms with Gasteiger partial charge in [0.05, 0.1) is 0 Å². The fraction of sp³-hybridized carbons (Fsp3) is 0. The molecule has 0 saturated heterocycles. The minimum atomic E-state index is 0. The van der Waals surface area contributed by atoms with Gasteiger partial charge in [0.25, 0.3) is 0 Å². The van der Waals surface area contributed by atoms with Gasteiger partial charge in [0.2, 0.25) is 7.98 Å². The molecule has 0 atom stereocenters. The first-order chi connectivity index (χ1) is 2.27. The van der Waals surface area contributed by atoms with Crippen LogP contribution in [-0.4, -0.2) is 13.9 Å². The summed E-state index contributed by atoms with van der Waals surface area (Å²) in [6.07, 6.45) is 0. The first-order valence-corrected chi connectivity index (χ1v) is 1.25. The van der Waals surface area contributed by atoms with Crippen molar-refractivity contribution in [3.8, 4) is 0 Å². The van der Waals surface area contributed by atoms with Crippen molar-refractivity contribution in [2.24, 2.45) is 16.4 Å². The van der Waals surface area contributed by atoms with E-state index in [4.69, 9.17) is 11.5 Å². The third-order valence-electron chi connectivity index (χ3n) is 0.258. The van der Waals surface area contributed by atoms with E-state index in [9.17, 15) is 0 Å². The zero-order valence-electron chi connectivity index (χ0n) is 3.60. The van der Waals surface area contributed by atoms with E-state index in [0.29, 0.717) is 0 Å². The maximum absolute atomic E-state index is 4.82. The van der Waals surface area contributed by atoms with Gasteiger partial charge in [-0.1, -0.05) is 0 Å². The van der Waals surface area contributed by atoms with Crippen molar-refractivity contribution >= 4 is 13.9 Å². The van der Waals surface area contributed by atoms with E-state index in [1.165, 1.54) is 7.98 Å².